The molecular formula is C58H44O6S2. The highest BCUT2D eigenvalue weighted by Gasteiger charge is 2.25. The maximum absolute atomic E-state index is 9.76. The lowest BCUT2D eigenvalue weighted by Gasteiger charge is -2.24. The van der Waals surface area contributed by atoms with Crippen molar-refractivity contribution in [1.29, 1.82) is 0 Å². The lowest BCUT2D eigenvalue weighted by molar-refractivity contribution is 0.202. The van der Waals surface area contributed by atoms with Gasteiger partial charge in [0.05, 0.1) is 13.2 Å². The first-order valence-corrected chi connectivity index (χ1v) is 23.7. The fourth-order valence-corrected chi connectivity index (χ4v) is 11.6. The Hall–Kier alpha value is -6.94. The van der Waals surface area contributed by atoms with Crippen molar-refractivity contribution in [2.75, 3.05) is 26.4 Å². The van der Waals surface area contributed by atoms with Crippen LogP contribution in [0.25, 0.3) is 65.3 Å². The van der Waals surface area contributed by atoms with Gasteiger partial charge in [-0.1, -0.05) is 169 Å². The van der Waals surface area contributed by atoms with Crippen LogP contribution in [0.4, 0.5) is 0 Å². The predicted molar refractivity (Wildman–Crippen MR) is 269 cm³/mol. The van der Waals surface area contributed by atoms with Crippen LogP contribution in [0.15, 0.2) is 202 Å². The van der Waals surface area contributed by atoms with Crippen molar-refractivity contribution in [2.45, 2.75) is 32.8 Å². The van der Waals surface area contributed by atoms with Crippen LogP contribution < -0.4 is 18.9 Å². The molecule has 1 aliphatic heterocycles. The van der Waals surface area contributed by atoms with E-state index in [2.05, 4.69) is 146 Å². The Kier molecular flexibility index (Phi) is 11.7. The second-order valence-electron chi connectivity index (χ2n) is 16.1. The van der Waals surface area contributed by atoms with E-state index in [-0.39, 0.29) is 26.4 Å². The first-order valence-electron chi connectivity index (χ1n) is 22.1. The van der Waals surface area contributed by atoms with E-state index in [1.54, 1.807) is 23.5 Å². The van der Waals surface area contributed by atoms with E-state index in [4.69, 9.17) is 18.9 Å². The van der Waals surface area contributed by atoms with Crippen LogP contribution in [0.1, 0.15) is 11.1 Å². The van der Waals surface area contributed by atoms with Crippen molar-refractivity contribution in [3.63, 3.8) is 0 Å². The second kappa shape index (κ2) is 18.5. The third kappa shape index (κ3) is 7.86. The van der Waals surface area contributed by atoms with Crippen LogP contribution in [0.3, 0.4) is 0 Å². The van der Waals surface area contributed by atoms with E-state index in [1.165, 1.54) is 19.6 Å². The second-order valence-corrected chi connectivity index (χ2v) is 18.2. The van der Waals surface area contributed by atoms with Crippen molar-refractivity contribution >= 4 is 66.6 Å². The Bertz CT molecular complexity index is 3210. The van der Waals surface area contributed by atoms with Gasteiger partial charge in [0, 0.05) is 53.0 Å². The molecular weight excluding hydrogens is 857 g/mol. The SMILES string of the molecule is OCCOc1ccc2ccccc2c1-c1c(OCc2cccc3c2Sc2cccc(COc4ccc5ccccc5c4-c4c(OCCO)ccc5ccccc45)c2S3)ccc2ccccc12. The molecule has 0 spiro atoms. The van der Waals surface area contributed by atoms with Gasteiger partial charge in [-0.2, -0.15) is 0 Å². The molecule has 10 aromatic rings. The maximum Gasteiger partial charge on any atom is 0.128 e. The van der Waals surface area contributed by atoms with E-state index in [0.717, 1.165) is 88.0 Å². The van der Waals surface area contributed by atoms with Gasteiger partial charge in [0.25, 0.3) is 0 Å². The largest absolute Gasteiger partial charge is 0.491 e. The summed E-state index contributed by atoms with van der Waals surface area (Å²) in [6, 6.07) is 62.8. The molecule has 8 heteroatoms. The van der Waals surface area contributed by atoms with Gasteiger partial charge < -0.3 is 29.2 Å². The number of benzene rings is 10. The monoisotopic (exact) mass is 900 g/mol. The average molecular weight is 901 g/mol. The van der Waals surface area contributed by atoms with Gasteiger partial charge in [0.15, 0.2) is 0 Å². The molecule has 0 aliphatic carbocycles. The van der Waals surface area contributed by atoms with Gasteiger partial charge >= 0.3 is 0 Å². The van der Waals surface area contributed by atoms with Crippen LogP contribution in [0.2, 0.25) is 0 Å². The van der Waals surface area contributed by atoms with Crippen molar-refractivity contribution in [2.24, 2.45) is 0 Å². The highest BCUT2D eigenvalue weighted by molar-refractivity contribution is 8.05. The zero-order chi connectivity index (χ0) is 44.4. The van der Waals surface area contributed by atoms with E-state index >= 15 is 0 Å². The fourth-order valence-electron chi connectivity index (χ4n) is 9.10. The Morgan fingerprint density at radius 2 is 0.636 bits per heavy atom. The molecule has 324 valence electrons. The quantitative estimate of drug-likeness (QED) is 0.112. The van der Waals surface area contributed by atoms with Crippen LogP contribution in [-0.4, -0.2) is 36.6 Å². The van der Waals surface area contributed by atoms with Gasteiger partial charge in [-0.15, -0.1) is 0 Å². The fraction of sp³-hybridized carbons (Fsp3) is 0.103. The number of rotatable bonds is 14. The molecule has 0 aromatic heterocycles. The minimum absolute atomic E-state index is 0.0851. The van der Waals surface area contributed by atoms with E-state index < -0.39 is 0 Å². The molecule has 1 heterocycles. The number of hydrogen-bond acceptors (Lipinski definition) is 8. The summed E-state index contributed by atoms with van der Waals surface area (Å²) in [7, 11) is 0. The highest BCUT2D eigenvalue weighted by atomic mass is 32.2. The lowest BCUT2D eigenvalue weighted by atomic mass is 9.92. The summed E-state index contributed by atoms with van der Waals surface area (Å²) in [5.41, 5.74) is 6.01. The summed E-state index contributed by atoms with van der Waals surface area (Å²) in [5, 5.41) is 28.1. The first-order chi connectivity index (χ1) is 32.7. The molecule has 0 atom stereocenters. The van der Waals surface area contributed by atoms with Crippen LogP contribution >= 0.6 is 23.5 Å². The molecule has 0 fully saturated rings. The normalized spacial score (nSPS) is 12.0. The molecule has 0 unspecified atom stereocenters. The Morgan fingerprint density at radius 3 is 0.970 bits per heavy atom. The van der Waals surface area contributed by atoms with Crippen LogP contribution in [0, 0.1) is 0 Å². The zero-order valence-electron chi connectivity index (χ0n) is 35.9. The van der Waals surface area contributed by atoms with Gasteiger partial charge in [0.1, 0.15) is 49.4 Å². The average Bonchev–Trinajstić information content (AvgIpc) is 3.37. The summed E-state index contributed by atoms with van der Waals surface area (Å²) < 4.78 is 26.3. The third-order valence-corrected chi connectivity index (χ3v) is 14.8. The maximum atomic E-state index is 9.76. The summed E-state index contributed by atoms with van der Waals surface area (Å²) in [4.78, 5) is 4.69. The van der Waals surface area contributed by atoms with Crippen molar-refractivity contribution in [3.8, 4) is 45.3 Å². The number of fused-ring (bicyclic) bond motifs is 6. The molecule has 66 heavy (non-hydrogen) atoms. The van der Waals surface area contributed by atoms with Crippen LogP contribution in [-0.2, 0) is 13.2 Å². The predicted octanol–water partition coefficient (Wildman–Crippen LogP) is 14.1. The molecule has 0 amide bonds. The first kappa shape index (κ1) is 41.7. The standard InChI is InChI=1S/C58H44O6S2/c59-31-33-61-47-27-23-37-11-1-5-17-43(37)53(47)55-45-19-7-3-13-39(45)25-29-49(55)63-35-41-15-9-21-51-57(41)65-52-22-10-16-42(58(52)66-51)36-64-50-30-26-40-14-4-8-20-46(40)56(50)54-44-18-6-2-12-38(44)24-28-48(54)62-34-32-60/h1-30,59-60H,31-36H2. The Labute approximate surface area is 391 Å². The zero-order valence-corrected chi connectivity index (χ0v) is 37.5. The lowest BCUT2D eigenvalue weighted by Crippen LogP contribution is -2.05. The number of aliphatic hydroxyl groups is 2. The molecule has 1 aliphatic rings. The molecule has 10 aromatic carbocycles. The van der Waals surface area contributed by atoms with Crippen molar-refractivity contribution in [1.82, 2.24) is 0 Å². The van der Waals surface area contributed by atoms with E-state index in [0.29, 0.717) is 24.7 Å². The summed E-state index contributed by atoms with van der Waals surface area (Å²) in [5.74, 6) is 2.92. The van der Waals surface area contributed by atoms with Gasteiger partial charge in [-0.3, -0.25) is 0 Å². The van der Waals surface area contributed by atoms with E-state index in [9.17, 15) is 10.2 Å². The summed E-state index contributed by atoms with van der Waals surface area (Å²) in [6.07, 6.45) is 0. The molecule has 0 radical (unpaired) electrons. The summed E-state index contributed by atoms with van der Waals surface area (Å²) in [6.45, 7) is 0.924. The van der Waals surface area contributed by atoms with Gasteiger partial charge in [-0.25, -0.2) is 0 Å². The Morgan fingerprint density at radius 1 is 0.318 bits per heavy atom. The van der Waals surface area contributed by atoms with E-state index in [1.807, 2.05) is 36.4 Å². The van der Waals surface area contributed by atoms with Gasteiger partial charge in [-0.05, 0) is 79.5 Å². The van der Waals surface area contributed by atoms with Crippen molar-refractivity contribution in [3.05, 3.63) is 193 Å². The highest BCUT2D eigenvalue weighted by Crippen LogP contribution is 2.53. The minimum atomic E-state index is -0.0851. The molecule has 11 rings (SSSR count). The van der Waals surface area contributed by atoms with Gasteiger partial charge in [0.2, 0.25) is 0 Å². The topological polar surface area (TPSA) is 77.4 Å². The number of aliphatic hydroxyl groups excluding tert-OH is 2. The Balaban J connectivity index is 0.915. The molecule has 0 bridgehead atoms. The number of hydrogen-bond donors (Lipinski definition) is 2. The smallest absolute Gasteiger partial charge is 0.128 e. The molecule has 2 N–H and O–H groups in total. The third-order valence-electron chi connectivity index (χ3n) is 12.1. The number of ether oxygens (including phenoxy) is 4. The minimum Gasteiger partial charge on any atom is -0.491 e. The molecule has 0 saturated heterocycles. The summed E-state index contributed by atoms with van der Waals surface area (Å²) >= 11 is 3.54. The van der Waals surface area contributed by atoms with Crippen LogP contribution in [0.5, 0.6) is 23.0 Å². The molecule has 6 nitrogen and oxygen atoms in total. The van der Waals surface area contributed by atoms with Crippen molar-refractivity contribution < 1.29 is 29.2 Å². The molecule has 0 saturated carbocycles.